The third kappa shape index (κ3) is 57.1. The summed E-state index contributed by atoms with van der Waals surface area (Å²) in [6, 6.07) is 0. The molecule has 0 unspecified atom stereocenters. The molecule has 0 radical (unpaired) electrons. The van der Waals surface area contributed by atoms with Gasteiger partial charge in [0.2, 0.25) is 0 Å². The second-order valence-electron chi connectivity index (χ2n) is 24.0. The molecule has 416 valence electrons. The monoisotopic (exact) mass is 971 g/mol. The molecule has 1 nitrogen and oxygen atoms in total. The second kappa shape index (κ2) is 62.3. The van der Waals surface area contributed by atoms with E-state index in [1.54, 1.807) is 0 Å². The van der Waals surface area contributed by atoms with E-state index in [1.165, 1.54) is 416 Å². The van der Waals surface area contributed by atoms with Gasteiger partial charge in [0, 0.05) is 0 Å². The Labute approximate surface area is 441 Å². The highest BCUT2D eigenvalue weighted by Crippen LogP contribution is 2.23. The molecule has 0 spiro atoms. The van der Waals surface area contributed by atoms with Crippen LogP contribution in [0, 0.1) is 0 Å². The van der Waals surface area contributed by atoms with Gasteiger partial charge >= 0.3 is 0 Å². The van der Waals surface area contributed by atoms with Crippen molar-refractivity contribution in [2.45, 2.75) is 413 Å². The number of hydrogen-bond acceptors (Lipinski definition) is 0. The van der Waals surface area contributed by atoms with E-state index in [1.807, 2.05) is 0 Å². The van der Waals surface area contributed by atoms with Crippen LogP contribution in [0.5, 0.6) is 0 Å². The van der Waals surface area contributed by atoms with Crippen LogP contribution >= 0.6 is 0 Å². The van der Waals surface area contributed by atoms with Crippen molar-refractivity contribution >= 4 is 0 Å². The van der Waals surface area contributed by atoms with E-state index in [-0.39, 0.29) is 0 Å². The highest BCUT2D eigenvalue weighted by Gasteiger charge is 2.26. The van der Waals surface area contributed by atoms with Crippen LogP contribution in [0.25, 0.3) is 0 Å². The van der Waals surface area contributed by atoms with Crippen molar-refractivity contribution in [2.75, 3.05) is 26.2 Å². The maximum Gasteiger partial charge on any atom is 0.0786 e. The zero-order valence-electron chi connectivity index (χ0n) is 49.7. The third-order valence-electron chi connectivity index (χ3n) is 16.9. The minimum absolute atomic E-state index is 1.37. The smallest absolute Gasteiger partial charge is 0.0786 e. The average molecular weight is 972 g/mol. The van der Waals surface area contributed by atoms with Crippen LogP contribution in [0.3, 0.4) is 0 Å². The zero-order valence-corrected chi connectivity index (χ0v) is 49.7. The van der Waals surface area contributed by atoms with Crippen molar-refractivity contribution < 1.29 is 4.48 Å². The van der Waals surface area contributed by atoms with Gasteiger partial charge in [-0.1, -0.05) is 362 Å². The van der Waals surface area contributed by atoms with Crippen LogP contribution in [0.4, 0.5) is 0 Å². The normalized spacial score (nSPS) is 12.0. The van der Waals surface area contributed by atoms with E-state index in [9.17, 15) is 0 Å². The topological polar surface area (TPSA) is 0 Å². The SMILES string of the molecule is CCCCCCCCCCCCCCCCCC[N+](CCCCCCCCCCCCCC)(CCCCCCCCCCCCCCCCCC)CCCCCCCCCCCCCCCCCC. The highest BCUT2D eigenvalue weighted by atomic mass is 15.3. The standard InChI is InChI=1S/C68H140N/c1-5-9-13-17-21-25-29-33-36-39-42-46-50-54-58-62-66-69(65-61-57-53-49-45-32-28-24-20-16-12-8-4,67-63-59-55-51-47-43-40-37-34-30-26-22-18-14-10-6-2)68-64-60-56-52-48-44-41-38-35-31-27-23-19-15-11-7-3/h5-68H2,1-4H3/q+1. The summed E-state index contributed by atoms with van der Waals surface area (Å²) >= 11 is 0. The van der Waals surface area contributed by atoms with Gasteiger partial charge in [0.25, 0.3) is 0 Å². The fourth-order valence-electron chi connectivity index (χ4n) is 11.9. The molecule has 0 aromatic heterocycles. The predicted molar refractivity (Wildman–Crippen MR) is 319 cm³/mol. The molecule has 0 saturated heterocycles. The Kier molecular flexibility index (Phi) is 62.2. The first-order valence-electron chi connectivity index (χ1n) is 34.1. The van der Waals surface area contributed by atoms with Gasteiger partial charge in [0.05, 0.1) is 26.2 Å². The first kappa shape index (κ1) is 69.0. The number of quaternary nitrogens is 1. The predicted octanol–water partition coefficient (Wildman–Crippen LogP) is 25.3. The van der Waals surface area contributed by atoms with Gasteiger partial charge in [-0.3, -0.25) is 0 Å². The average Bonchev–Trinajstić information content (AvgIpc) is 3.36. The first-order chi connectivity index (χ1) is 34.2. The molecule has 0 amide bonds. The third-order valence-corrected chi connectivity index (χ3v) is 16.9. The molecule has 0 aliphatic heterocycles. The van der Waals surface area contributed by atoms with E-state index < -0.39 is 0 Å². The summed E-state index contributed by atoms with van der Waals surface area (Å²) in [4.78, 5) is 0. The van der Waals surface area contributed by atoms with Crippen LogP contribution in [-0.2, 0) is 0 Å². The number of rotatable bonds is 64. The second-order valence-corrected chi connectivity index (χ2v) is 24.0. The van der Waals surface area contributed by atoms with Crippen molar-refractivity contribution in [3.05, 3.63) is 0 Å². The molecule has 0 aliphatic carbocycles. The summed E-state index contributed by atoms with van der Waals surface area (Å²) in [7, 11) is 0. The van der Waals surface area contributed by atoms with Crippen LogP contribution in [0.1, 0.15) is 413 Å². The summed E-state index contributed by atoms with van der Waals surface area (Å²) in [5.41, 5.74) is 0. The largest absolute Gasteiger partial charge is 0.324 e. The quantitative estimate of drug-likeness (QED) is 0.0421. The molecule has 0 N–H and O–H groups in total. The molecule has 0 heterocycles. The Morgan fingerprint density at radius 2 is 0.203 bits per heavy atom. The zero-order chi connectivity index (χ0) is 49.8. The molecule has 0 aromatic rings. The van der Waals surface area contributed by atoms with Gasteiger partial charge < -0.3 is 4.48 Å². The molecular formula is C68H140N+. The molecule has 0 aromatic carbocycles. The fourth-order valence-corrected chi connectivity index (χ4v) is 11.9. The van der Waals surface area contributed by atoms with Crippen molar-refractivity contribution in [2.24, 2.45) is 0 Å². The van der Waals surface area contributed by atoms with Gasteiger partial charge in [0.15, 0.2) is 0 Å². The summed E-state index contributed by atoms with van der Waals surface area (Å²) in [6.45, 7) is 15.3. The Morgan fingerprint density at radius 1 is 0.116 bits per heavy atom. The van der Waals surface area contributed by atoms with Gasteiger partial charge in [-0.2, -0.15) is 0 Å². The minimum atomic E-state index is 1.37. The lowest BCUT2D eigenvalue weighted by molar-refractivity contribution is -0.929. The Balaban J connectivity index is 4.92. The fraction of sp³-hybridized carbons (Fsp3) is 1.00. The van der Waals surface area contributed by atoms with Crippen molar-refractivity contribution in [1.82, 2.24) is 0 Å². The highest BCUT2D eigenvalue weighted by molar-refractivity contribution is 4.58. The van der Waals surface area contributed by atoms with Gasteiger partial charge in [-0.15, -0.1) is 0 Å². The van der Waals surface area contributed by atoms with Gasteiger partial charge in [-0.05, 0) is 51.4 Å². The Morgan fingerprint density at radius 3 is 0.304 bits per heavy atom. The molecule has 0 rings (SSSR count). The maximum absolute atomic E-state index is 2.34. The van der Waals surface area contributed by atoms with E-state index >= 15 is 0 Å². The Hall–Kier alpha value is -0.0400. The van der Waals surface area contributed by atoms with Gasteiger partial charge in [0.1, 0.15) is 0 Å². The number of hydrogen-bond donors (Lipinski definition) is 0. The van der Waals surface area contributed by atoms with Crippen LogP contribution in [0.15, 0.2) is 0 Å². The first-order valence-corrected chi connectivity index (χ1v) is 34.1. The maximum atomic E-state index is 2.34. The summed E-state index contributed by atoms with van der Waals surface area (Å²) in [6.07, 6.45) is 88.7. The molecular weight excluding hydrogens is 831 g/mol. The molecule has 1 heteroatoms. The van der Waals surface area contributed by atoms with Crippen molar-refractivity contribution in [3.8, 4) is 0 Å². The summed E-state index contributed by atoms with van der Waals surface area (Å²) < 4.78 is 1.49. The molecule has 0 fully saturated rings. The lowest BCUT2D eigenvalue weighted by Gasteiger charge is -2.40. The van der Waals surface area contributed by atoms with E-state index in [0.717, 1.165) is 0 Å². The van der Waals surface area contributed by atoms with Gasteiger partial charge in [-0.25, -0.2) is 0 Å². The molecule has 0 bridgehead atoms. The summed E-state index contributed by atoms with van der Waals surface area (Å²) in [5.74, 6) is 0. The lowest BCUT2D eigenvalue weighted by atomic mass is 10.0. The Bertz CT molecular complexity index is 775. The van der Waals surface area contributed by atoms with Crippen LogP contribution < -0.4 is 0 Å². The van der Waals surface area contributed by atoms with Crippen molar-refractivity contribution in [3.63, 3.8) is 0 Å². The minimum Gasteiger partial charge on any atom is -0.324 e. The molecule has 69 heavy (non-hydrogen) atoms. The molecule has 0 saturated carbocycles. The van der Waals surface area contributed by atoms with Crippen molar-refractivity contribution in [1.29, 1.82) is 0 Å². The van der Waals surface area contributed by atoms with E-state index in [2.05, 4.69) is 27.7 Å². The summed E-state index contributed by atoms with van der Waals surface area (Å²) in [5, 5.41) is 0. The van der Waals surface area contributed by atoms with Crippen LogP contribution in [-0.4, -0.2) is 30.7 Å². The molecule has 0 aliphatic rings. The number of nitrogens with zero attached hydrogens (tertiary/aromatic N) is 1. The van der Waals surface area contributed by atoms with Crippen LogP contribution in [0.2, 0.25) is 0 Å². The molecule has 0 atom stereocenters. The number of unbranched alkanes of at least 4 members (excludes halogenated alkanes) is 56. The van der Waals surface area contributed by atoms with E-state index in [0.29, 0.717) is 0 Å². The van der Waals surface area contributed by atoms with E-state index in [4.69, 9.17) is 0 Å². The lowest BCUT2D eigenvalue weighted by Crippen LogP contribution is -2.50.